The average Bonchev–Trinajstić information content (AvgIpc) is 2.89. The summed E-state index contributed by atoms with van der Waals surface area (Å²) in [6.45, 7) is 1.41. The monoisotopic (exact) mass is 269 g/mol. The van der Waals surface area contributed by atoms with Crippen molar-refractivity contribution in [2.75, 3.05) is 17.7 Å². The van der Waals surface area contributed by atoms with Gasteiger partial charge in [0.15, 0.2) is 0 Å². The normalized spacial score (nSPS) is 13.2. The molecule has 0 unspecified atom stereocenters. The van der Waals surface area contributed by atoms with Crippen LogP contribution in [0.15, 0.2) is 36.5 Å². The Balaban J connectivity index is 1.95. The molecule has 0 saturated heterocycles. The van der Waals surface area contributed by atoms with E-state index in [2.05, 4.69) is 9.88 Å². The number of rotatable bonds is 2. The van der Waals surface area contributed by atoms with E-state index < -0.39 is 0 Å². The van der Waals surface area contributed by atoms with E-state index in [0.29, 0.717) is 17.9 Å². The van der Waals surface area contributed by atoms with E-state index in [4.69, 9.17) is 10.5 Å². The number of nitrogens with two attached hydrogens (primary N) is 1. The number of nitrogens with zero attached hydrogens (tertiary/aromatic N) is 2. The summed E-state index contributed by atoms with van der Waals surface area (Å²) in [5.74, 6) is 0.276. The number of esters is 1. The predicted octanol–water partition coefficient (Wildman–Crippen LogP) is 1.97. The van der Waals surface area contributed by atoms with Crippen LogP contribution in [0.3, 0.4) is 0 Å². The number of nitrogen functional groups attached to an aromatic ring is 1. The van der Waals surface area contributed by atoms with E-state index >= 15 is 0 Å². The van der Waals surface area contributed by atoms with Gasteiger partial charge in [0.05, 0.1) is 7.11 Å². The molecule has 2 aromatic rings. The van der Waals surface area contributed by atoms with Gasteiger partial charge < -0.3 is 15.4 Å². The number of ether oxygens (including phenoxy) is 1. The van der Waals surface area contributed by atoms with Gasteiger partial charge in [-0.3, -0.25) is 0 Å². The smallest absolute Gasteiger partial charge is 0.341 e. The molecular formula is C15H15N3O2. The number of carbonyl (C=O) groups excluding carboxylic acids is 1. The lowest BCUT2D eigenvalue weighted by molar-refractivity contribution is 0.0601. The number of pyridine rings is 1. The Hall–Kier alpha value is -2.56. The molecule has 1 aliphatic rings. The lowest BCUT2D eigenvalue weighted by Gasteiger charge is -2.18. The van der Waals surface area contributed by atoms with Crippen molar-refractivity contribution in [3.63, 3.8) is 0 Å². The topological polar surface area (TPSA) is 68.5 Å². The van der Waals surface area contributed by atoms with Crippen LogP contribution >= 0.6 is 0 Å². The van der Waals surface area contributed by atoms with Crippen molar-refractivity contribution in [1.29, 1.82) is 0 Å². The fourth-order valence-electron chi connectivity index (χ4n) is 2.48. The highest BCUT2D eigenvalue weighted by atomic mass is 16.5. The van der Waals surface area contributed by atoms with E-state index in [0.717, 1.165) is 12.2 Å². The Bertz CT molecular complexity index is 670. The first-order valence-corrected chi connectivity index (χ1v) is 6.34. The largest absolute Gasteiger partial charge is 0.465 e. The molecule has 102 valence electrons. The number of anilines is 2. The van der Waals surface area contributed by atoms with Crippen molar-refractivity contribution >= 4 is 17.5 Å². The molecule has 0 saturated carbocycles. The van der Waals surface area contributed by atoms with Gasteiger partial charge in [0.25, 0.3) is 0 Å². The molecule has 0 fully saturated rings. The third-order valence-corrected chi connectivity index (χ3v) is 3.44. The quantitative estimate of drug-likeness (QED) is 0.667. The minimum atomic E-state index is -0.372. The van der Waals surface area contributed by atoms with E-state index in [-0.39, 0.29) is 5.97 Å². The van der Waals surface area contributed by atoms with Crippen LogP contribution in [0.4, 0.5) is 11.5 Å². The molecule has 0 spiro atoms. The lowest BCUT2D eigenvalue weighted by Crippen LogP contribution is -2.20. The second-order valence-corrected chi connectivity index (χ2v) is 4.75. The summed E-state index contributed by atoms with van der Waals surface area (Å²) in [5.41, 5.74) is 9.42. The highest BCUT2D eigenvalue weighted by Gasteiger charge is 2.24. The molecule has 0 atom stereocenters. The first kappa shape index (κ1) is 12.5. The second-order valence-electron chi connectivity index (χ2n) is 4.75. The molecule has 3 rings (SSSR count). The van der Waals surface area contributed by atoms with Crippen molar-refractivity contribution < 1.29 is 9.53 Å². The van der Waals surface area contributed by atoms with Crippen LogP contribution in [0.1, 0.15) is 21.5 Å². The highest BCUT2D eigenvalue weighted by Crippen LogP contribution is 2.30. The molecule has 5 heteroatoms. The van der Waals surface area contributed by atoms with Gasteiger partial charge in [-0.15, -0.1) is 0 Å². The molecule has 0 amide bonds. The molecular weight excluding hydrogens is 254 g/mol. The minimum Gasteiger partial charge on any atom is -0.465 e. The fourth-order valence-corrected chi connectivity index (χ4v) is 2.48. The van der Waals surface area contributed by atoms with Gasteiger partial charge in [0.1, 0.15) is 11.4 Å². The van der Waals surface area contributed by atoms with Crippen molar-refractivity contribution in [3.05, 3.63) is 53.2 Å². The molecule has 0 bridgehead atoms. The summed E-state index contributed by atoms with van der Waals surface area (Å²) < 4.78 is 4.81. The number of hydrogen-bond acceptors (Lipinski definition) is 5. The van der Waals surface area contributed by atoms with Gasteiger partial charge in [-0.2, -0.15) is 0 Å². The van der Waals surface area contributed by atoms with Gasteiger partial charge >= 0.3 is 5.97 Å². The van der Waals surface area contributed by atoms with E-state index in [1.54, 1.807) is 18.3 Å². The van der Waals surface area contributed by atoms with Crippen LogP contribution in [0.5, 0.6) is 0 Å². The molecule has 1 aromatic carbocycles. The zero-order valence-corrected chi connectivity index (χ0v) is 11.2. The molecule has 0 aliphatic carbocycles. The van der Waals surface area contributed by atoms with Crippen molar-refractivity contribution in [2.45, 2.75) is 13.1 Å². The van der Waals surface area contributed by atoms with Gasteiger partial charge in [-0.25, -0.2) is 9.78 Å². The summed E-state index contributed by atoms with van der Waals surface area (Å²) in [6, 6.07) is 9.34. The molecule has 5 nitrogen and oxygen atoms in total. The number of aromatic nitrogens is 1. The maximum absolute atomic E-state index is 11.8. The minimum absolute atomic E-state index is 0.372. The van der Waals surface area contributed by atoms with Crippen LogP contribution in [0.25, 0.3) is 0 Å². The first-order valence-electron chi connectivity index (χ1n) is 6.34. The van der Waals surface area contributed by atoms with Gasteiger partial charge in [0.2, 0.25) is 0 Å². The maximum atomic E-state index is 11.8. The standard InChI is InChI=1S/C15H15N3O2/c1-20-15(19)13-3-2-6-17-14(13)18-8-10-4-5-12(16)7-11(10)9-18/h2-7H,8-9,16H2,1H3. The molecule has 2 N–H and O–H groups in total. The van der Waals surface area contributed by atoms with Gasteiger partial charge in [-0.05, 0) is 35.4 Å². The molecule has 1 aliphatic heterocycles. The lowest BCUT2D eigenvalue weighted by atomic mass is 10.1. The van der Waals surface area contributed by atoms with Crippen LogP contribution < -0.4 is 10.6 Å². The van der Waals surface area contributed by atoms with Crippen LogP contribution in [-0.4, -0.2) is 18.1 Å². The summed E-state index contributed by atoms with van der Waals surface area (Å²) in [4.78, 5) is 18.2. The molecule has 2 heterocycles. The zero-order chi connectivity index (χ0) is 14.1. The van der Waals surface area contributed by atoms with Crippen molar-refractivity contribution in [3.8, 4) is 0 Å². The van der Waals surface area contributed by atoms with E-state index in [1.165, 1.54) is 18.2 Å². The summed E-state index contributed by atoms with van der Waals surface area (Å²) >= 11 is 0. The third-order valence-electron chi connectivity index (χ3n) is 3.44. The summed E-state index contributed by atoms with van der Waals surface area (Å²) in [7, 11) is 1.37. The maximum Gasteiger partial charge on any atom is 0.341 e. The Kier molecular flexibility index (Phi) is 3.02. The van der Waals surface area contributed by atoms with Gasteiger partial charge in [0, 0.05) is 25.0 Å². The number of hydrogen-bond donors (Lipinski definition) is 1. The van der Waals surface area contributed by atoms with Crippen LogP contribution in [-0.2, 0) is 17.8 Å². The van der Waals surface area contributed by atoms with Crippen LogP contribution in [0, 0.1) is 0 Å². The zero-order valence-electron chi connectivity index (χ0n) is 11.2. The van der Waals surface area contributed by atoms with E-state index in [9.17, 15) is 4.79 Å². The Morgan fingerprint density at radius 3 is 2.90 bits per heavy atom. The SMILES string of the molecule is COC(=O)c1cccnc1N1Cc2ccc(N)cc2C1. The average molecular weight is 269 g/mol. The van der Waals surface area contributed by atoms with E-state index in [1.807, 2.05) is 18.2 Å². The van der Waals surface area contributed by atoms with Gasteiger partial charge in [-0.1, -0.05) is 6.07 Å². The predicted molar refractivity (Wildman–Crippen MR) is 76.3 cm³/mol. The summed E-state index contributed by atoms with van der Waals surface area (Å²) in [5, 5.41) is 0. The Labute approximate surface area is 117 Å². The molecule has 0 radical (unpaired) electrons. The Morgan fingerprint density at radius 2 is 2.10 bits per heavy atom. The summed E-state index contributed by atoms with van der Waals surface area (Å²) in [6.07, 6.45) is 1.68. The van der Waals surface area contributed by atoms with Crippen LogP contribution in [0.2, 0.25) is 0 Å². The fraction of sp³-hybridized carbons (Fsp3) is 0.200. The number of methoxy groups -OCH3 is 1. The first-order chi connectivity index (χ1) is 9.69. The van der Waals surface area contributed by atoms with Crippen molar-refractivity contribution in [1.82, 2.24) is 4.98 Å². The molecule has 20 heavy (non-hydrogen) atoms. The number of fused-ring (bicyclic) bond motifs is 1. The Morgan fingerprint density at radius 1 is 1.30 bits per heavy atom. The third kappa shape index (κ3) is 2.07. The highest BCUT2D eigenvalue weighted by molar-refractivity contribution is 5.94. The second kappa shape index (κ2) is 4.85. The van der Waals surface area contributed by atoms with Crippen molar-refractivity contribution in [2.24, 2.45) is 0 Å². The number of benzene rings is 1. The number of carbonyl (C=O) groups is 1. The molecule has 1 aromatic heterocycles.